The van der Waals surface area contributed by atoms with Crippen LogP contribution in [0.2, 0.25) is 0 Å². The first-order valence-corrected chi connectivity index (χ1v) is 9.30. The van der Waals surface area contributed by atoms with Crippen LogP contribution in [-0.2, 0) is 0 Å². The molecule has 1 aliphatic heterocycles. The summed E-state index contributed by atoms with van der Waals surface area (Å²) >= 11 is 0. The minimum atomic E-state index is 0. The maximum Gasteiger partial charge on any atom is 0.126 e. The Hall–Kier alpha value is -1.52. The van der Waals surface area contributed by atoms with E-state index in [4.69, 9.17) is 4.74 Å². The van der Waals surface area contributed by atoms with Gasteiger partial charge in [-0.15, -0.1) is 24.8 Å². The van der Waals surface area contributed by atoms with Crippen LogP contribution in [0.15, 0.2) is 54.6 Å². The summed E-state index contributed by atoms with van der Waals surface area (Å²) in [7, 11) is 0. The van der Waals surface area contributed by atoms with Crippen LogP contribution in [0.5, 0.6) is 5.75 Å². The standard InChI is InChI=1S/C22H28N2O.2ClH/c1-2-8-20(9-3-1)12-13-21-10-4-5-11-22(21)25-19-7-6-16-24-17-14-23-15-18-24;;/h1-5,8-13,23H,6-7,14-19H2;2*1H/b13-12+;;. The zero-order valence-corrected chi connectivity index (χ0v) is 17.3. The van der Waals surface area contributed by atoms with Crippen molar-refractivity contribution >= 4 is 37.0 Å². The van der Waals surface area contributed by atoms with Crippen LogP contribution in [-0.4, -0.2) is 44.2 Å². The van der Waals surface area contributed by atoms with Gasteiger partial charge < -0.3 is 15.0 Å². The van der Waals surface area contributed by atoms with Crippen molar-refractivity contribution in [2.45, 2.75) is 12.8 Å². The van der Waals surface area contributed by atoms with E-state index in [1.54, 1.807) is 0 Å². The van der Waals surface area contributed by atoms with Crippen LogP contribution in [0.1, 0.15) is 24.0 Å². The van der Waals surface area contributed by atoms with Gasteiger partial charge >= 0.3 is 0 Å². The Labute approximate surface area is 175 Å². The molecule has 1 aliphatic rings. The summed E-state index contributed by atoms with van der Waals surface area (Å²) in [6.45, 7) is 6.56. The largest absolute Gasteiger partial charge is 0.493 e. The molecule has 0 aromatic heterocycles. The fraction of sp³-hybridized carbons (Fsp3) is 0.364. The van der Waals surface area contributed by atoms with Crippen molar-refractivity contribution in [3.8, 4) is 5.75 Å². The number of nitrogens with one attached hydrogen (secondary N) is 1. The second kappa shape index (κ2) is 13.6. The van der Waals surface area contributed by atoms with E-state index in [-0.39, 0.29) is 24.8 Å². The molecule has 0 spiro atoms. The van der Waals surface area contributed by atoms with E-state index in [2.05, 4.69) is 64.8 Å². The second-order valence-electron chi connectivity index (χ2n) is 6.43. The Kier molecular flexibility index (Phi) is 11.9. The number of piperazine rings is 1. The molecule has 3 nitrogen and oxygen atoms in total. The van der Waals surface area contributed by atoms with Crippen LogP contribution >= 0.6 is 24.8 Å². The molecule has 3 rings (SSSR count). The Morgan fingerprint density at radius 1 is 0.852 bits per heavy atom. The molecule has 0 atom stereocenters. The lowest BCUT2D eigenvalue weighted by molar-refractivity contribution is 0.226. The second-order valence-corrected chi connectivity index (χ2v) is 6.43. The number of nitrogens with zero attached hydrogens (tertiary/aromatic N) is 1. The van der Waals surface area contributed by atoms with Crippen molar-refractivity contribution in [1.29, 1.82) is 0 Å². The molecule has 1 heterocycles. The first-order valence-electron chi connectivity index (χ1n) is 9.30. The first-order chi connectivity index (χ1) is 12.4. The molecule has 2 aromatic carbocycles. The molecular weight excluding hydrogens is 379 g/mol. The SMILES string of the molecule is C(=C\c1ccccc1OCCCCN1CCNCC1)/c1ccccc1.Cl.Cl. The molecule has 0 amide bonds. The fourth-order valence-electron chi connectivity index (χ4n) is 3.05. The number of para-hydroxylation sites is 1. The van der Waals surface area contributed by atoms with Gasteiger partial charge in [0.25, 0.3) is 0 Å². The summed E-state index contributed by atoms with van der Waals surface area (Å²) in [5.41, 5.74) is 2.33. The number of ether oxygens (including phenoxy) is 1. The van der Waals surface area contributed by atoms with Crippen LogP contribution in [0.3, 0.4) is 0 Å². The highest BCUT2D eigenvalue weighted by atomic mass is 35.5. The summed E-state index contributed by atoms with van der Waals surface area (Å²) < 4.78 is 6.03. The molecule has 0 unspecified atom stereocenters. The summed E-state index contributed by atoms with van der Waals surface area (Å²) in [5.74, 6) is 0.969. The van der Waals surface area contributed by atoms with E-state index in [1.807, 2.05) is 12.1 Å². The van der Waals surface area contributed by atoms with Crippen molar-refractivity contribution in [3.05, 3.63) is 65.7 Å². The zero-order chi connectivity index (χ0) is 17.2. The lowest BCUT2D eigenvalue weighted by atomic mass is 10.1. The zero-order valence-electron chi connectivity index (χ0n) is 15.7. The molecule has 0 aliphatic carbocycles. The van der Waals surface area contributed by atoms with Crippen molar-refractivity contribution in [2.24, 2.45) is 0 Å². The summed E-state index contributed by atoms with van der Waals surface area (Å²) in [5, 5.41) is 3.39. The highest BCUT2D eigenvalue weighted by Crippen LogP contribution is 2.21. The van der Waals surface area contributed by atoms with Gasteiger partial charge in [-0.05, 0) is 31.0 Å². The lowest BCUT2D eigenvalue weighted by Crippen LogP contribution is -2.43. The van der Waals surface area contributed by atoms with E-state index in [9.17, 15) is 0 Å². The van der Waals surface area contributed by atoms with E-state index in [0.717, 1.165) is 37.4 Å². The summed E-state index contributed by atoms with van der Waals surface area (Å²) in [6.07, 6.45) is 6.56. The van der Waals surface area contributed by atoms with Gasteiger partial charge in [-0.25, -0.2) is 0 Å². The molecule has 148 valence electrons. The number of unbranched alkanes of at least 4 members (excludes halogenated alkanes) is 1. The van der Waals surface area contributed by atoms with E-state index < -0.39 is 0 Å². The Bertz CT molecular complexity index is 658. The number of halogens is 2. The molecule has 1 fully saturated rings. The number of benzene rings is 2. The monoisotopic (exact) mass is 408 g/mol. The van der Waals surface area contributed by atoms with Gasteiger partial charge in [-0.3, -0.25) is 0 Å². The molecule has 1 N–H and O–H groups in total. The number of hydrogen-bond acceptors (Lipinski definition) is 3. The van der Waals surface area contributed by atoms with Crippen molar-refractivity contribution in [2.75, 3.05) is 39.3 Å². The molecule has 27 heavy (non-hydrogen) atoms. The minimum Gasteiger partial charge on any atom is -0.493 e. The van der Waals surface area contributed by atoms with Crippen molar-refractivity contribution < 1.29 is 4.74 Å². The molecule has 0 bridgehead atoms. The predicted octanol–water partition coefficient (Wildman–Crippen LogP) is 4.76. The first kappa shape index (κ1) is 23.5. The number of hydrogen-bond donors (Lipinski definition) is 1. The topological polar surface area (TPSA) is 24.5 Å². The molecule has 0 radical (unpaired) electrons. The number of rotatable bonds is 8. The highest BCUT2D eigenvalue weighted by molar-refractivity contribution is 5.85. The maximum atomic E-state index is 6.03. The molecule has 2 aromatic rings. The fourth-order valence-corrected chi connectivity index (χ4v) is 3.05. The predicted molar refractivity (Wildman–Crippen MR) is 120 cm³/mol. The van der Waals surface area contributed by atoms with Crippen LogP contribution in [0, 0.1) is 0 Å². The Morgan fingerprint density at radius 2 is 1.56 bits per heavy atom. The van der Waals surface area contributed by atoms with E-state index in [1.165, 1.54) is 31.6 Å². The van der Waals surface area contributed by atoms with Gasteiger partial charge in [0.2, 0.25) is 0 Å². The van der Waals surface area contributed by atoms with Crippen LogP contribution in [0.25, 0.3) is 12.2 Å². The van der Waals surface area contributed by atoms with Gasteiger partial charge in [0.15, 0.2) is 0 Å². The Balaban J connectivity index is 0.00000182. The molecule has 5 heteroatoms. The summed E-state index contributed by atoms with van der Waals surface area (Å²) in [4.78, 5) is 2.53. The van der Waals surface area contributed by atoms with Gasteiger partial charge in [-0.2, -0.15) is 0 Å². The third-order valence-corrected chi connectivity index (χ3v) is 4.51. The third-order valence-electron chi connectivity index (χ3n) is 4.51. The van der Waals surface area contributed by atoms with E-state index >= 15 is 0 Å². The van der Waals surface area contributed by atoms with Crippen molar-refractivity contribution in [1.82, 2.24) is 10.2 Å². The van der Waals surface area contributed by atoms with Gasteiger partial charge in [0.05, 0.1) is 6.61 Å². The molecule has 0 saturated carbocycles. The molecule has 1 saturated heterocycles. The van der Waals surface area contributed by atoms with Crippen molar-refractivity contribution in [3.63, 3.8) is 0 Å². The van der Waals surface area contributed by atoms with Gasteiger partial charge in [-0.1, -0.05) is 60.7 Å². The Morgan fingerprint density at radius 3 is 2.33 bits per heavy atom. The normalized spacial score (nSPS) is 14.4. The molecular formula is C22H30Cl2N2O. The minimum absolute atomic E-state index is 0. The lowest BCUT2D eigenvalue weighted by Gasteiger charge is -2.27. The maximum absolute atomic E-state index is 6.03. The van der Waals surface area contributed by atoms with E-state index in [0.29, 0.717) is 0 Å². The van der Waals surface area contributed by atoms with Gasteiger partial charge in [0.1, 0.15) is 5.75 Å². The van der Waals surface area contributed by atoms with Gasteiger partial charge in [0, 0.05) is 31.7 Å². The van der Waals surface area contributed by atoms with Crippen LogP contribution < -0.4 is 10.1 Å². The summed E-state index contributed by atoms with van der Waals surface area (Å²) in [6, 6.07) is 18.6. The average molecular weight is 409 g/mol. The highest BCUT2D eigenvalue weighted by Gasteiger charge is 2.08. The average Bonchev–Trinajstić information content (AvgIpc) is 2.68. The quantitative estimate of drug-likeness (QED) is 0.502. The van der Waals surface area contributed by atoms with Crippen LogP contribution in [0.4, 0.5) is 0 Å². The smallest absolute Gasteiger partial charge is 0.126 e. The third kappa shape index (κ3) is 8.35.